The number of fused-ring (bicyclic) bond motifs is 6. The van der Waals surface area contributed by atoms with Gasteiger partial charge < -0.3 is 4.57 Å². The minimum Gasteiger partial charge on any atom is -0.309 e. The second kappa shape index (κ2) is 11.5. The minimum atomic E-state index is -0.101. The van der Waals surface area contributed by atoms with Gasteiger partial charge in [0.1, 0.15) is 5.82 Å². The summed E-state index contributed by atoms with van der Waals surface area (Å²) in [5.41, 5.74) is 14.9. The van der Waals surface area contributed by atoms with Crippen molar-refractivity contribution < 1.29 is 0 Å². The fourth-order valence-corrected chi connectivity index (χ4v) is 7.78. The maximum atomic E-state index is 5.30. The first-order chi connectivity index (χ1) is 24.8. The highest BCUT2D eigenvalue weighted by Gasteiger charge is 2.33. The second-order valence-corrected chi connectivity index (χ2v) is 13.0. The molecule has 3 nitrogen and oxygen atoms in total. The van der Waals surface area contributed by atoms with Crippen LogP contribution in [0, 0.1) is 0 Å². The van der Waals surface area contributed by atoms with Crippen molar-refractivity contribution in [3.8, 4) is 50.5 Å². The van der Waals surface area contributed by atoms with Crippen LogP contribution in [-0.4, -0.2) is 14.5 Å². The molecule has 2 aromatic heterocycles. The van der Waals surface area contributed by atoms with Gasteiger partial charge in [0.25, 0.3) is 0 Å². The number of aromatic nitrogens is 3. The lowest BCUT2D eigenvalue weighted by atomic mass is 9.92. The Morgan fingerprint density at radius 3 is 1.68 bits per heavy atom. The van der Waals surface area contributed by atoms with E-state index in [1.54, 1.807) is 0 Å². The molecule has 0 fully saturated rings. The van der Waals surface area contributed by atoms with E-state index in [2.05, 4.69) is 174 Å². The zero-order valence-electron chi connectivity index (χ0n) is 27.2. The number of nitrogens with zero attached hydrogens (tertiary/aromatic N) is 3. The number of hydrogen-bond acceptors (Lipinski definition) is 2. The predicted octanol–water partition coefficient (Wildman–Crippen LogP) is 11.7. The predicted molar refractivity (Wildman–Crippen MR) is 206 cm³/mol. The highest BCUT2D eigenvalue weighted by molar-refractivity contribution is 6.10. The summed E-state index contributed by atoms with van der Waals surface area (Å²) < 4.78 is 2.37. The highest BCUT2D eigenvalue weighted by Crippen LogP contribution is 2.49. The van der Waals surface area contributed by atoms with Crippen LogP contribution in [0.3, 0.4) is 0 Å². The summed E-state index contributed by atoms with van der Waals surface area (Å²) in [6, 6.07) is 64.9. The van der Waals surface area contributed by atoms with Crippen molar-refractivity contribution >= 4 is 21.8 Å². The molecule has 1 aliphatic rings. The van der Waals surface area contributed by atoms with Crippen molar-refractivity contribution in [3.63, 3.8) is 0 Å². The third-order valence-electron chi connectivity index (χ3n) is 10.1. The Morgan fingerprint density at radius 2 is 0.940 bits per heavy atom. The lowest BCUT2D eigenvalue weighted by molar-refractivity contribution is 0.879. The van der Waals surface area contributed by atoms with E-state index < -0.39 is 0 Å². The quantitative estimate of drug-likeness (QED) is 0.188. The summed E-state index contributed by atoms with van der Waals surface area (Å²) >= 11 is 0. The average molecular weight is 638 g/mol. The number of benzene rings is 7. The Balaban J connectivity index is 1.16. The summed E-state index contributed by atoms with van der Waals surface area (Å²) in [5, 5.41) is 2.49. The van der Waals surface area contributed by atoms with E-state index in [1.807, 2.05) is 12.1 Å². The van der Waals surface area contributed by atoms with Gasteiger partial charge in [-0.25, -0.2) is 9.97 Å². The zero-order chi connectivity index (χ0) is 33.0. The van der Waals surface area contributed by atoms with Crippen molar-refractivity contribution in [2.45, 2.75) is 5.92 Å². The molecule has 50 heavy (non-hydrogen) atoms. The molecule has 1 aliphatic carbocycles. The molecule has 0 spiro atoms. The Bertz CT molecular complexity index is 2640. The zero-order valence-corrected chi connectivity index (χ0v) is 27.2. The molecule has 0 saturated carbocycles. The number of para-hydroxylation sites is 2. The van der Waals surface area contributed by atoms with E-state index in [1.165, 1.54) is 55.2 Å². The molecule has 10 rings (SSSR count). The van der Waals surface area contributed by atoms with E-state index in [9.17, 15) is 0 Å². The lowest BCUT2D eigenvalue weighted by Gasteiger charge is -2.16. The first-order valence-electron chi connectivity index (χ1n) is 17.1. The van der Waals surface area contributed by atoms with Crippen LogP contribution in [0.25, 0.3) is 72.3 Å². The van der Waals surface area contributed by atoms with Crippen molar-refractivity contribution in [1.29, 1.82) is 0 Å². The van der Waals surface area contributed by atoms with E-state index in [4.69, 9.17) is 9.97 Å². The Labute approximate surface area is 290 Å². The summed E-state index contributed by atoms with van der Waals surface area (Å²) in [5.74, 6) is 0.714. The Kier molecular flexibility index (Phi) is 6.56. The van der Waals surface area contributed by atoms with Crippen molar-refractivity contribution in [3.05, 3.63) is 199 Å². The Morgan fingerprint density at radius 1 is 0.380 bits per heavy atom. The summed E-state index contributed by atoms with van der Waals surface area (Å²) in [6.45, 7) is 0. The van der Waals surface area contributed by atoms with Gasteiger partial charge in [-0.3, -0.25) is 0 Å². The molecule has 0 N–H and O–H groups in total. The van der Waals surface area contributed by atoms with Crippen LogP contribution in [0.1, 0.15) is 22.9 Å². The highest BCUT2D eigenvalue weighted by atomic mass is 15.0. The van der Waals surface area contributed by atoms with Gasteiger partial charge in [-0.15, -0.1) is 0 Å². The van der Waals surface area contributed by atoms with Gasteiger partial charge in [0.2, 0.25) is 0 Å². The van der Waals surface area contributed by atoms with Gasteiger partial charge in [0.15, 0.2) is 0 Å². The number of rotatable bonds is 5. The molecule has 1 atom stereocenters. The summed E-state index contributed by atoms with van der Waals surface area (Å²) in [4.78, 5) is 10.6. The molecule has 0 amide bonds. The van der Waals surface area contributed by atoms with Gasteiger partial charge in [0, 0.05) is 27.6 Å². The first kappa shape index (κ1) is 28.4. The SMILES string of the molecule is c1ccc(-c2cc(-c3ccccc3)nc(C3c4ccccc4-c4ccc(-c5ccc6c(c5)c5ccccc5n6-c5ccccc5)cc43)n2)cc1. The van der Waals surface area contributed by atoms with Gasteiger partial charge >= 0.3 is 0 Å². The van der Waals surface area contributed by atoms with E-state index >= 15 is 0 Å². The molecule has 0 saturated heterocycles. The van der Waals surface area contributed by atoms with Gasteiger partial charge in [-0.1, -0.05) is 140 Å². The van der Waals surface area contributed by atoms with Crippen LogP contribution >= 0.6 is 0 Å². The monoisotopic (exact) mass is 637 g/mol. The third kappa shape index (κ3) is 4.59. The summed E-state index contributed by atoms with van der Waals surface area (Å²) in [7, 11) is 0. The fraction of sp³-hybridized carbons (Fsp3) is 0.0213. The largest absolute Gasteiger partial charge is 0.309 e. The van der Waals surface area contributed by atoms with E-state index in [-0.39, 0.29) is 5.92 Å². The molecule has 0 bridgehead atoms. The van der Waals surface area contributed by atoms with E-state index in [0.717, 1.165) is 34.0 Å². The van der Waals surface area contributed by atoms with Gasteiger partial charge in [0.05, 0.1) is 28.3 Å². The smallest absolute Gasteiger partial charge is 0.141 e. The molecule has 7 aromatic carbocycles. The van der Waals surface area contributed by atoms with Crippen LogP contribution in [0.5, 0.6) is 0 Å². The van der Waals surface area contributed by atoms with Crippen LogP contribution in [0.4, 0.5) is 0 Å². The lowest BCUT2D eigenvalue weighted by Crippen LogP contribution is -2.07. The van der Waals surface area contributed by atoms with Crippen LogP contribution < -0.4 is 0 Å². The molecule has 2 heterocycles. The first-order valence-corrected chi connectivity index (χ1v) is 17.1. The van der Waals surface area contributed by atoms with E-state index in [0.29, 0.717) is 0 Å². The maximum Gasteiger partial charge on any atom is 0.141 e. The molecular weight excluding hydrogens is 607 g/mol. The summed E-state index contributed by atoms with van der Waals surface area (Å²) in [6.07, 6.45) is 0. The van der Waals surface area contributed by atoms with Crippen LogP contribution in [0.2, 0.25) is 0 Å². The van der Waals surface area contributed by atoms with Crippen LogP contribution in [0.15, 0.2) is 182 Å². The molecule has 9 aromatic rings. The van der Waals surface area contributed by atoms with Crippen molar-refractivity contribution in [2.24, 2.45) is 0 Å². The normalized spacial score (nSPS) is 13.4. The third-order valence-corrected chi connectivity index (χ3v) is 10.1. The average Bonchev–Trinajstić information content (AvgIpc) is 3.71. The van der Waals surface area contributed by atoms with Gasteiger partial charge in [-0.2, -0.15) is 0 Å². The Hall–Kier alpha value is -6.58. The number of hydrogen-bond donors (Lipinski definition) is 0. The van der Waals surface area contributed by atoms with Crippen molar-refractivity contribution in [1.82, 2.24) is 14.5 Å². The molecule has 234 valence electrons. The molecule has 0 radical (unpaired) electrons. The van der Waals surface area contributed by atoms with Crippen molar-refractivity contribution in [2.75, 3.05) is 0 Å². The van der Waals surface area contributed by atoms with Crippen LogP contribution in [-0.2, 0) is 0 Å². The molecule has 0 aliphatic heterocycles. The fourth-order valence-electron chi connectivity index (χ4n) is 7.78. The molecular formula is C47H31N3. The topological polar surface area (TPSA) is 30.7 Å². The second-order valence-electron chi connectivity index (χ2n) is 13.0. The molecule has 1 unspecified atom stereocenters. The van der Waals surface area contributed by atoms with Gasteiger partial charge in [-0.05, 0) is 75.8 Å². The minimum absolute atomic E-state index is 0.101. The standard InChI is InChI=1S/C47H31N3/c1-4-14-31(15-5-1)42-30-43(32-16-6-2-7-17-32)49-47(48-42)46-39-22-11-10-20-36(39)37-26-24-33(29-41(37)46)34-25-27-45-40(28-34)38-21-12-13-23-44(38)50(45)35-18-8-3-9-19-35/h1-30,46H. The maximum absolute atomic E-state index is 5.30. The molecule has 3 heteroatoms.